The van der Waals surface area contributed by atoms with Gasteiger partial charge < -0.3 is 25.6 Å². The summed E-state index contributed by atoms with van der Waals surface area (Å²) in [5.74, 6) is -0.210. The van der Waals surface area contributed by atoms with E-state index in [1.54, 1.807) is 18.2 Å². The number of aliphatic carboxylic acids is 1. The number of ether oxygens (including phenoxy) is 1. The van der Waals surface area contributed by atoms with E-state index in [4.69, 9.17) is 21.4 Å². The third-order valence-corrected chi connectivity index (χ3v) is 6.60. The summed E-state index contributed by atoms with van der Waals surface area (Å²) in [5, 5.41) is 34.3. The number of halogens is 1. The molecule has 1 aliphatic carbocycles. The van der Waals surface area contributed by atoms with E-state index in [1.807, 2.05) is 0 Å². The number of nitrogens with one attached hydrogen (secondary N) is 2. The fraction of sp³-hybridized carbons (Fsp3) is 0.440. The average Bonchev–Trinajstić information content (AvgIpc) is 2.87. The third kappa shape index (κ3) is 6.84. The maximum absolute atomic E-state index is 12.6. The molecule has 1 fully saturated rings. The van der Waals surface area contributed by atoms with Crippen LogP contribution in [-0.2, 0) is 4.79 Å². The lowest BCUT2D eigenvalue weighted by molar-refractivity contribution is -0.143. The summed E-state index contributed by atoms with van der Waals surface area (Å²) in [7, 11) is 1.53. The van der Waals surface area contributed by atoms with E-state index in [0.717, 1.165) is 12.8 Å². The summed E-state index contributed by atoms with van der Waals surface area (Å²) in [6.45, 7) is 0.348. The number of amides is 1. The molecule has 1 atom stereocenters. The van der Waals surface area contributed by atoms with Crippen molar-refractivity contribution < 1.29 is 24.5 Å². The maximum atomic E-state index is 12.6. The molecule has 2 aromatic rings. The van der Waals surface area contributed by atoms with Crippen LogP contribution in [0.15, 0.2) is 30.5 Å². The van der Waals surface area contributed by atoms with Gasteiger partial charge in [-0.05, 0) is 62.3 Å². The summed E-state index contributed by atoms with van der Waals surface area (Å²) in [4.78, 5) is 28.0. The Balaban J connectivity index is 1.66. The zero-order chi connectivity index (χ0) is 25.4. The first-order valence-corrected chi connectivity index (χ1v) is 11.9. The number of aromatic nitrogens is 1. The van der Waals surface area contributed by atoms with Crippen molar-refractivity contribution in [1.82, 2.24) is 10.3 Å². The van der Waals surface area contributed by atoms with Gasteiger partial charge in [-0.15, -0.1) is 0 Å². The predicted molar refractivity (Wildman–Crippen MR) is 130 cm³/mol. The summed E-state index contributed by atoms with van der Waals surface area (Å²) < 4.78 is 5.42. The lowest BCUT2D eigenvalue weighted by Crippen LogP contribution is -2.32. The van der Waals surface area contributed by atoms with Crippen molar-refractivity contribution in [1.29, 1.82) is 5.26 Å². The van der Waals surface area contributed by atoms with Crippen molar-refractivity contribution in [2.75, 3.05) is 25.6 Å². The van der Waals surface area contributed by atoms with Gasteiger partial charge in [0.2, 0.25) is 0 Å². The van der Waals surface area contributed by atoms with Crippen LogP contribution in [0.4, 0.5) is 5.82 Å². The first kappa shape index (κ1) is 26.3. The number of carboxylic acid groups (broad SMARTS) is 1. The van der Waals surface area contributed by atoms with E-state index in [9.17, 15) is 20.0 Å². The van der Waals surface area contributed by atoms with Crippen LogP contribution in [0.5, 0.6) is 5.75 Å². The smallest absolute Gasteiger partial charge is 0.306 e. The first-order valence-electron chi connectivity index (χ1n) is 11.5. The van der Waals surface area contributed by atoms with Gasteiger partial charge in [0.15, 0.2) is 0 Å². The number of hydrogen-bond donors (Lipinski definition) is 4. The van der Waals surface area contributed by atoms with Crippen LogP contribution in [0, 0.1) is 23.2 Å². The number of anilines is 1. The van der Waals surface area contributed by atoms with Gasteiger partial charge in [0.25, 0.3) is 5.91 Å². The van der Waals surface area contributed by atoms with Crippen LogP contribution in [0.25, 0.3) is 0 Å². The van der Waals surface area contributed by atoms with Gasteiger partial charge in [-0.25, -0.2) is 4.98 Å². The van der Waals surface area contributed by atoms with Crippen molar-refractivity contribution in [2.45, 2.75) is 38.1 Å². The number of nitriles is 1. The Morgan fingerprint density at radius 3 is 2.63 bits per heavy atom. The molecule has 0 radical (unpaired) electrons. The Morgan fingerprint density at radius 1 is 1.29 bits per heavy atom. The summed E-state index contributed by atoms with van der Waals surface area (Å²) >= 11 is 6.43. The molecule has 186 valence electrons. The van der Waals surface area contributed by atoms with E-state index >= 15 is 0 Å². The third-order valence-electron chi connectivity index (χ3n) is 6.31. The Morgan fingerprint density at radius 2 is 2.03 bits per heavy atom. The van der Waals surface area contributed by atoms with Crippen LogP contribution in [0.1, 0.15) is 59.6 Å². The first-order chi connectivity index (χ1) is 16.9. The molecular formula is C25H29ClN4O5. The Kier molecular flexibility index (Phi) is 9.29. The maximum Gasteiger partial charge on any atom is 0.306 e. The monoisotopic (exact) mass is 500 g/mol. The molecule has 0 bridgehead atoms. The molecule has 1 heterocycles. The topological polar surface area (TPSA) is 145 Å². The number of aliphatic hydroxyl groups excluding tert-OH is 1. The van der Waals surface area contributed by atoms with Gasteiger partial charge >= 0.3 is 5.97 Å². The fourth-order valence-electron chi connectivity index (χ4n) is 4.30. The minimum atomic E-state index is -0.751. The molecule has 1 saturated carbocycles. The largest absolute Gasteiger partial charge is 0.496 e. The minimum Gasteiger partial charge on any atom is -0.496 e. The quantitative estimate of drug-likeness (QED) is 0.385. The zero-order valence-electron chi connectivity index (χ0n) is 19.5. The molecule has 1 unspecified atom stereocenters. The van der Waals surface area contributed by atoms with Gasteiger partial charge in [0.05, 0.1) is 41.3 Å². The van der Waals surface area contributed by atoms with E-state index in [2.05, 4.69) is 21.7 Å². The Hall–Kier alpha value is -3.35. The zero-order valence-corrected chi connectivity index (χ0v) is 20.2. The molecule has 3 rings (SSSR count). The molecule has 1 aromatic carbocycles. The standard InChI is InChI=1S/C25H29ClN4O5/c1-35-22-7-4-16(12-27)10-19(22)21(8-9-31)30-23-20(26)11-18(14-28-23)24(32)29-13-15-2-5-17(6-3-15)25(33)34/h4,7,10-11,14-15,17,21,31H,2-3,5-6,8-9,13H2,1H3,(H,28,30)(H,29,32)(H,33,34)/t15-,17-,21?. The normalized spacial score (nSPS) is 18.2. The van der Waals surface area contributed by atoms with Crippen molar-refractivity contribution in [3.05, 3.63) is 52.2 Å². The SMILES string of the molecule is COc1ccc(C#N)cc1C(CCO)Nc1ncc(C(=O)NC[C@H]2CC[C@H](C(=O)O)CC2)cc1Cl. The van der Waals surface area contributed by atoms with Gasteiger partial charge in [-0.1, -0.05) is 11.6 Å². The number of carbonyl (C=O) groups is 2. The highest BCUT2D eigenvalue weighted by molar-refractivity contribution is 6.33. The number of carbonyl (C=O) groups excluding carboxylic acids is 1. The number of rotatable bonds is 10. The fourth-order valence-corrected chi connectivity index (χ4v) is 4.52. The molecule has 9 nitrogen and oxygen atoms in total. The van der Waals surface area contributed by atoms with Crippen molar-refractivity contribution in [3.63, 3.8) is 0 Å². The number of benzene rings is 1. The molecule has 1 amide bonds. The van der Waals surface area contributed by atoms with Crippen LogP contribution in [-0.4, -0.2) is 47.3 Å². The van der Waals surface area contributed by atoms with E-state index < -0.39 is 12.0 Å². The van der Waals surface area contributed by atoms with Gasteiger partial charge in [0.1, 0.15) is 11.6 Å². The van der Waals surface area contributed by atoms with E-state index in [0.29, 0.717) is 54.1 Å². The van der Waals surface area contributed by atoms with Gasteiger partial charge in [0, 0.05) is 24.9 Å². The lowest BCUT2D eigenvalue weighted by atomic mass is 9.82. The van der Waals surface area contributed by atoms with Crippen LogP contribution in [0.3, 0.4) is 0 Å². The molecular weight excluding hydrogens is 472 g/mol. The second kappa shape index (κ2) is 12.4. The molecule has 35 heavy (non-hydrogen) atoms. The molecule has 0 saturated heterocycles. The number of methoxy groups -OCH3 is 1. The molecule has 10 heteroatoms. The van der Waals surface area contributed by atoms with Crippen molar-refractivity contribution in [2.24, 2.45) is 11.8 Å². The lowest BCUT2D eigenvalue weighted by Gasteiger charge is -2.26. The average molecular weight is 501 g/mol. The Bertz CT molecular complexity index is 1100. The second-order valence-corrected chi connectivity index (χ2v) is 9.01. The van der Waals surface area contributed by atoms with E-state index in [1.165, 1.54) is 19.4 Å². The minimum absolute atomic E-state index is 0.121. The number of aliphatic hydroxyl groups is 1. The summed E-state index contributed by atoms with van der Waals surface area (Å²) in [5.41, 5.74) is 1.44. The van der Waals surface area contributed by atoms with Gasteiger partial charge in [-0.3, -0.25) is 9.59 Å². The molecule has 1 aliphatic rings. The number of nitrogens with zero attached hydrogens (tertiary/aromatic N) is 2. The summed E-state index contributed by atoms with van der Waals surface area (Å²) in [6, 6.07) is 8.20. The highest BCUT2D eigenvalue weighted by Crippen LogP contribution is 2.33. The molecule has 4 N–H and O–H groups in total. The van der Waals surface area contributed by atoms with E-state index in [-0.39, 0.29) is 29.4 Å². The highest BCUT2D eigenvalue weighted by atomic mass is 35.5. The van der Waals surface area contributed by atoms with Crippen molar-refractivity contribution in [3.8, 4) is 11.8 Å². The molecule has 1 aromatic heterocycles. The van der Waals surface area contributed by atoms with Crippen LogP contribution >= 0.6 is 11.6 Å². The number of pyridine rings is 1. The van der Waals surface area contributed by atoms with Crippen LogP contribution in [0.2, 0.25) is 5.02 Å². The predicted octanol–water partition coefficient (Wildman–Crippen LogP) is 3.77. The number of hydrogen-bond acceptors (Lipinski definition) is 7. The summed E-state index contributed by atoms with van der Waals surface area (Å²) in [6.07, 6.45) is 4.52. The van der Waals surface area contributed by atoms with Crippen molar-refractivity contribution >= 4 is 29.3 Å². The van der Waals surface area contributed by atoms with Crippen LogP contribution < -0.4 is 15.4 Å². The Labute approximate surface area is 209 Å². The second-order valence-electron chi connectivity index (χ2n) is 8.60. The highest BCUT2D eigenvalue weighted by Gasteiger charge is 2.26. The molecule has 0 spiro atoms. The van der Waals surface area contributed by atoms with Gasteiger partial charge in [-0.2, -0.15) is 5.26 Å². The molecule has 0 aliphatic heterocycles. The number of carboxylic acids is 1.